The Morgan fingerprint density at radius 3 is 2.17 bits per heavy atom. The summed E-state index contributed by atoms with van der Waals surface area (Å²) >= 11 is 1.50. The Labute approximate surface area is 309 Å². The van der Waals surface area contributed by atoms with Crippen molar-refractivity contribution >= 4 is 41.2 Å². The second-order valence-corrected chi connectivity index (χ2v) is 16.6. The van der Waals surface area contributed by atoms with Crippen molar-refractivity contribution in [2.24, 2.45) is 34.6 Å². The van der Waals surface area contributed by atoms with Crippen LogP contribution in [0.1, 0.15) is 63.5 Å². The average molecular weight is 736 g/mol. The molecule has 2 aromatic carbocycles. The van der Waals surface area contributed by atoms with Gasteiger partial charge in [-0.05, 0) is 92.0 Å². The molecule has 4 aliphatic carbocycles. The average Bonchev–Trinajstić information content (AvgIpc) is 3.10. The highest BCUT2D eigenvalue weighted by molar-refractivity contribution is 7.98. The van der Waals surface area contributed by atoms with Crippen LogP contribution in [0, 0.1) is 23.2 Å². The van der Waals surface area contributed by atoms with Gasteiger partial charge in [-0.1, -0.05) is 56.3 Å². The van der Waals surface area contributed by atoms with E-state index in [-0.39, 0.29) is 29.8 Å². The van der Waals surface area contributed by atoms with Crippen molar-refractivity contribution in [3.05, 3.63) is 65.7 Å². The maximum Gasteiger partial charge on any atom is 0.312 e. The van der Waals surface area contributed by atoms with E-state index in [1.807, 2.05) is 36.6 Å². The summed E-state index contributed by atoms with van der Waals surface area (Å²) < 4.78 is 5.31. The molecular formula is C39H53N5O7S. The van der Waals surface area contributed by atoms with E-state index in [9.17, 15) is 29.1 Å². The predicted octanol–water partition coefficient (Wildman–Crippen LogP) is 2.34. The van der Waals surface area contributed by atoms with Crippen LogP contribution in [0.25, 0.3) is 0 Å². The number of esters is 1. The van der Waals surface area contributed by atoms with Crippen LogP contribution in [0.2, 0.25) is 0 Å². The minimum absolute atomic E-state index is 0.0902. The summed E-state index contributed by atoms with van der Waals surface area (Å²) in [5, 5.41) is 18.0. The van der Waals surface area contributed by atoms with Crippen LogP contribution in [-0.2, 0) is 40.5 Å². The highest BCUT2D eigenvalue weighted by Crippen LogP contribution is 2.64. The largest absolute Gasteiger partial charge is 0.508 e. The maximum absolute atomic E-state index is 14.7. The van der Waals surface area contributed by atoms with Gasteiger partial charge in [0.25, 0.3) is 0 Å². The maximum atomic E-state index is 14.7. The summed E-state index contributed by atoms with van der Waals surface area (Å²) in [5.74, 6) is -2.12. The van der Waals surface area contributed by atoms with Gasteiger partial charge in [0.05, 0.1) is 37.1 Å². The van der Waals surface area contributed by atoms with Crippen molar-refractivity contribution in [2.45, 2.75) is 87.9 Å². The second-order valence-electron chi connectivity index (χ2n) is 15.6. The fourth-order valence-corrected chi connectivity index (χ4v) is 9.73. The van der Waals surface area contributed by atoms with Gasteiger partial charge in [-0.2, -0.15) is 11.8 Å². The summed E-state index contributed by atoms with van der Waals surface area (Å²) in [7, 11) is 1.34. The van der Waals surface area contributed by atoms with Gasteiger partial charge in [0, 0.05) is 11.0 Å². The zero-order chi connectivity index (χ0) is 37.8. The number of hydrogen-bond acceptors (Lipinski definition) is 10. The molecule has 4 saturated carbocycles. The number of Topliss-reactive ketones (excluding diaryl/α,β-unsaturated/α-hetero) is 1. The molecule has 0 spiro atoms. The number of nitrogens with two attached hydrogens (primary N) is 2. The zero-order valence-corrected chi connectivity index (χ0v) is 31.3. The molecule has 12 nitrogen and oxygen atoms in total. The van der Waals surface area contributed by atoms with E-state index in [0.717, 1.165) is 17.5 Å². The van der Waals surface area contributed by atoms with E-state index in [2.05, 4.69) is 16.0 Å². The van der Waals surface area contributed by atoms with Gasteiger partial charge >= 0.3 is 5.97 Å². The molecule has 2 aromatic rings. The van der Waals surface area contributed by atoms with Crippen molar-refractivity contribution in [1.29, 1.82) is 0 Å². The summed E-state index contributed by atoms with van der Waals surface area (Å²) in [6.45, 7) is 3.17. The molecule has 4 bridgehead atoms. The number of rotatable bonds is 16. The van der Waals surface area contributed by atoms with E-state index < -0.39 is 70.6 Å². The molecule has 4 aliphatic rings. The van der Waals surface area contributed by atoms with Crippen molar-refractivity contribution < 1.29 is 33.8 Å². The number of thioether (sulfide) groups is 1. The first-order valence-corrected chi connectivity index (χ1v) is 19.4. The Morgan fingerprint density at radius 2 is 1.58 bits per heavy atom. The van der Waals surface area contributed by atoms with Crippen LogP contribution in [0.3, 0.4) is 0 Å². The summed E-state index contributed by atoms with van der Waals surface area (Å²) in [6, 6.07) is 12.7. The van der Waals surface area contributed by atoms with Gasteiger partial charge in [0.15, 0.2) is 5.78 Å². The molecule has 0 aliphatic heterocycles. The Morgan fingerprint density at radius 1 is 0.942 bits per heavy atom. The molecule has 0 aromatic heterocycles. The second kappa shape index (κ2) is 16.0. The van der Waals surface area contributed by atoms with Crippen LogP contribution in [-0.4, -0.2) is 83.9 Å². The molecule has 8 N–H and O–H groups in total. The standard InChI is InChI=1S/C39H53N5O7S/c1-37(2,26-10-12-27(45)13-11-26)33(40)35(49)44-28(14-15-52-4)34(48)42-22-30(46)43-29(17-23-8-6-5-7-9-23)31(47)32-38(36(50)51-3)18-24-16-25(19-38)21-39(32,41)20-24/h5-13,24-25,28-29,32-33,45H,14-22,40-41H2,1-4H3,(H,42,48)(H,43,46)(H,44,49)/t24?,25?,28-,29+,32?,33?,38?,39?/m1/s1. The van der Waals surface area contributed by atoms with Gasteiger partial charge in [0.2, 0.25) is 17.7 Å². The van der Waals surface area contributed by atoms with E-state index in [1.54, 1.807) is 26.0 Å². The number of methoxy groups -OCH3 is 1. The lowest BCUT2D eigenvalue weighted by Gasteiger charge is -2.63. The normalized spacial score (nSPS) is 26.5. The van der Waals surface area contributed by atoms with Crippen LogP contribution >= 0.6 is 11.8 Å². The van der Waals surface area contributed by atoms with Gasteiger partial charge < -0.3 is 37.3 Å². The van der Waals surface area contributed by atoms with E-state index >= 15 is 0 Å². The molecule has 3 amide bonds. The first-order valence-electron chi connectivity index (χ1n) is 18.0. The summed E-state index contributed by atoms with van der Waals surface area (Å²) in [4.78, 5) is 68.6. The number of phenolic OH excluding ortho intramolecular Hbond substituents is 1. The first kappa shape index (κ1) is 39.3. The van der Waals surface area contributed by atoms with Crippen LogP contribution in [0.15, 0.2) is 54.6 Å². The number of ether oxygens (including phenoxy) is 1. The Kier molecular flexibility index (Phi) is 12.1. The number of hydrogen-bond donors (Lipinski definition) is 6. The first-order chi connectivity index (χ1) is 24.6. The van der Waals surface area contributed by atoms with Gasteiger partial charge in [0.1, 0.15) is 11.8 Å². The van der Waals surface area contributed by atoms with Crippen LogP contribution < -0.4 is 27.4 Å². The Balaban J connectivity index is 1.29. The Bertz CT molecular complexity index is 1620. The number of carbonyl (C=O) groups excluding carboxylic acids is 5. The molecule has 0 heterocycles. The fourth-order valence-electron chi connectivity index (χ4n) is 9.26. The van der Waals surface area contributed by atoms with E-state index in [4.69, 9.17) is 16.2 Å². The van der Waals surface area contributed by atoms with E-state index in [1.165, 1.54) is 31.0 Å². The van der Waals surface area contributed by atoms with Crippen LogP contribution in [0.5, 0.6) is 5.75 Å². The molecule has 52 heavy (non-hydrogen) atoms. The number of amides is 3. The third-order valence-corrected chi connectivity index (χ3v) is 12.3. The predicted molar refractivity (Wildman–Crippen MR) is 199 cm³/mol. The highest BCUT2D eigenvalue weighted by Gasteiger charge is 2.68. The number of aromatic hydroxyl groups is 1. The van der Waals surface area contributed by atoms with Gasteiger partial charge in [-0.25, -0.2) is 0 Å². The number of ketones is 1. The molecule has 4 unspecified atom stereocenters. The molecule has 282 valence electrons. The molecular weight excluding hydrogens is 683 g/mol. The smallest absolute Gasteiger partial charge is 0.312 e. The fraction of sp³-hybridized carbons (Fsp3) is 0.564. The number of nitrogens with one attached hydrogen (secondary N) is 3. The molecule has 4 fully saturated rings. The van der Waals surface area contributed by atoms with E-state index in [0.29, 0.717) is 37.9 Å². The molecule has 13 heteroatoms. The molecule has 0 saturated heterocycles. The quantitative estimate of drug-likeness (QED) is 0.139. The van der Waals surface area contributed by atoms with Crippen LogP contribution in [0.4, 0.5) is 0 Å². The Hall–Kier alpha value is -3.94. The van der Waals surface area contributed by atoms with Gasteiger partial charge in [-0.3, -0.25) is 24.0 Å². The van der Waals surface area contributed by atoms with Crippen molar-refractivity contribution in [2.75, 3.05) is 25.7 Å². The van der Waals surface area contributed by atoms with Crippen molar-refractivity contribution in [1.82, 2.24) is 16.0 Å². The molecule has 6 atom stereocenters. The number of carbonyl (C=O) groups is 5. The van der Waals surface area contributed by atoms with Crippen molar-refractivity contribution in [3.8, 4) is 5.75 Å². The monoisotopic (exact) mass is 735 g/mol. The lowest BCUT2D eigenvalue weighted by Crippen LogP contribution is -2.72. The third-order valence-electron chi connectivity index (χ3n) is 11.6. The third kappa shape index (κ3) is 8.16. The molecule has 6 rings (SSSR count). The summed E-state index contributed by atoms with van der Waals surface area (Å²) in [5.41, 5.74) is 12.3. The number of benzene rings is 2. The van der Waals surface area contributed by atoms with Gasteiger partial charge in [-0.15, -0.1) is 0 Å². The number of phenols is 1. The zero-order valence-electron chi connectivity index (χ0n) is 30.5. The molecule has 0 radical (unpaired) electrons. The van der Waals surface area contributed by atoms with Crippen molar-refractivity contribution in [3.63, 3.8) is 0 Å². The minimum Gasteiger partial charge on any atom is -0.508 e. The highest BCUT2D eigenvalue weighted by atomic mass is 32.2. The minimum atomic E-state index is -1.04. The lowest BCUT2D eigenvalue weighted by molar-refractivity contribution is -0.188. The summed E-state index contributed by atoms with van der Waals surface area (Å²) in [6.07, 6.45) is 5.69. The SMILES string of the molecule is COC(=O)C12CC3CC(CC(N)(C3)C1C(=O)[C@H](Cc1ccccc1)NC(=O)CNC(=O)[C@@H](CCSC)NC(=O)C(N)C(C)(C)c1ccc(O)cc1)C2. The topological polar surface area (TPSA) is 203 Å². The lowest BCUT2D eigenvalue weighted by atomic mass is 9.41.